The summed E-state index contributed by atoms with van der Waals surface area (Å²) in [5, 5.41) is 30.1. The number of ether oxygens (including phenoxy) is 5. The Kier molecular flexibility index (Phi) is 10.9. The van der Waals surface area contributed by atoms with Gasteiger partial charge >= 0.3 is 37.1 Å². The number of carboxylic acids is 1. The summed E-state index contributed by atoms with van der Waals surface area (Å²) in [5.41, 5.74) is 0. The third kappa shape index (κ3) is 8.91. The lowest BCUT2D eigenvalue weighted by molar-refractivity contribution is -0.340. The zero-order valence-corrected chi connectivity index (χ0v) is 21.6. The number of aliphatic carboxylic acids is 1. The molecular weight excluding hydrogens is 598 g/mol. The molecule has 0 radical (unpaired) electrons. The Hall–Kier alpha value is -1.20. The minimum atomic E-state index is -5.53. The first-order valence-electron chi connectivity index (χ1n) is 9.91. The molecule has 2 heterocycles. The van der Waals surface area contributed by atoms with Crippen LogP contribution in [0.1, 0.15) is 0 Å². The molecule has 0 spiro atoms. The van der Waals surface area contributed by atoms with Gasteiger partial charge in [-0.15, -0.1) is 0 Å². The van der Waals surface area contributed by atoms with E-state index < -0.39 is 105 Å². The van der Waals surface area contributed by atoms with E-state index in [9.17, 15) is 54.5 Å². The Morgan fingerprint density at radius 1 is 0.842 bits per heavy atom. The Balaban J connectivity index is 2.58. The molecular formula is C14H25NO20S3. The molecule has 2 saturated heterocycles. The second kappa shape index (κ2) is 12.5. The number of hydrogen-bond donors (Lipinski definition) is 7. The minimum absolute atomic E-state index is 0.877. The van der Waals surface area contributed by atoms with Crippen molar-refractivity contribution >= 4 is 37.1 Å². The fourth-order valence-corrected chi connectivity index (χ4v) is 5.08. The van der Waals surface area contributed by atoms with Crippen molar-refractivity contribution in [3.63, 3.8) is 0 Å². The molecule has 0 aromatic carbocycles. The maximum atomic E-state index is 11.6. The molecule has 7 N–H and O–H groups in total. The molecule has 24 heteroatoms. The summed E-state index contributed by atoms with van der Waals surface area (Å²) < 4.78 is 131. The molecule has 2 rings (SSSR count). The molecule has 224 valence electrons. The lowest BCUT2D eigenvalue weighted by Gasteiger charge is -2.47. The summed E-state index contributed by atoms with van der Waals surface area (Å²) >= 11 is 0. The summed E-state index contributed by atoms with van der Waals surface area (Å²) in [6.07, 6.45) is -18.6. The van der Waals surface area contributed by atoms with Crippen LogP contribution in [-0.4, -0.2) is 142 Å². The fraction of sp³-hybridized carbons (Fsp3) is 0.929. The second-order valence-corrected chi connectivity index (χ2v) is 11.0. The van der Waals surface area contributed by atoms with Gasteiger partial charge in [0.25, 0.3) is 0 Å². The number of hydrogen-bond acceptors (Lipinski definition) is 16. The van der Waals surface area contributed by atoms with Gasteiger partial charge in [-0.1, -0.05) is 0 Å². The lowest BCUT2D eigenvalue weighted by atomic mass is 9.96. The molecule has 0 aromatic heterocycles. The summed E-state index contributed by atoms with van der Waals surface area (Å²) in [6.45, 7) is -1.25. The first kappa shape index (κ1) is 33.0. The SMILES string of the molecule is CO[C@H]1O[C@H](COS(=O)(=O)O)[C@@H](O[C@@H]2O[C@H](C(=O)O)[C@@H](OC)[C@H](O)[C@H]2O)[C@H](OS(=O)(=O)O)[C@H]1NS(=O)(=O)O. The molecule has 0 saturated carbocycles. The van der Waals surface area contributed by atoms with Crippen molar-refractivity contribution in [1.82, 2.24) is 4.72 Å². The van der Waals surface area contributed by atoms with E-state index in [1.54, 1.807) is 0 Å². The molecule has 2 aliphatic rings. The Morgan fingerprint density at radius 3 is 1.89 bits per heavy atom. The second-order valence-electron chi connectivity index (χ2n) is 7.64. The van der Waals surface area contributed by atoms with Crippen molar-refractivity contribution in [2.75, 3.05) is 20.8 Å². The number of rotatable bonds is 12. The van der Waals surface area contributed by atoms with Gasteiger partial charge in [-0.3, -0.25) is 13.7 Å². The molecule has 0 amide bonds. The van der Waals surface area contributed by atoms with Crippen molar-refractivity contribution in [2.24, 2.45) is 0 Å². The van der Waals surface area contributed by atoms with Crippen LogP contribution in [0.4, 0.5) is 0 Å². The van der Waals surface area contributed by atoms with E-state index in [-0.39, 0.29) is 0 Å². The number of carboxylic acid groups (broad SMARTS) is 1. The fourth-order valence-electron chi connectivity index (χ4n) is 3.68. The van der Waals surface area contributed by atoms with Crippen LogP contribution in [0.3, 0.4) is 0 Å². The first-order chi connectivity index (χ1) is 17.3. The number of carbonyl (C=O) groups is 1. The third-order valence-electron chi connectivity index (χ3n) is 5.13. The standard InChI is InChI=1S/C14H25NO20S3/c1-29-10-6(16)7(17)14(34-11(10)12(18)19)33-8-4(3-31-37(23,24)25)32-13(30-2)5(15-36(20,21)22)9(8)35-38(26,27)28/h4-11,13-17H,3H2,1-2H3,(H,18,19)(H,20,21,22)(H,23,24,25)(H,26,27,28)/t4-,5-,6-,7-,8-,9-,10+,11+,13+,14-/m1/s1. The predicted octanol–water partition coefficient (Wildman–Crippen LogP) is -4.94. The van der Waals surface area contributed by atoms with E-state index in [1.807, 2.05) is 0 Å². The van der Waals surface area contributed by atoms with Crippen LogP contribution >= 0.6 is 0 Å². The van der Waals surface area contributed by atoms with Gasteiger partial charge in [-0.25, -0.2) is 13.2 Å². The van der Waals surface area contributed by atoms with Crippen LogP contribution in [-0.2, 0) is 67.9 Å². The van der Waals surface area contributed by atoms with Gasteiger partial charge in [0.05, 0.1) is 6.61 Å². The summed E-state index contributed by atoms with van der Waals surface area (Å²) in [5.74, 6) is -1.72. The molecule has 0 aromatic rings. The Bertz CT molecular complexity index is 1140. The van der Waals surface area contributed by atoms with E-state index in [2.05, 4.69) is 8.37 Å². The Labute approximate surface area is 215 Å². The monoisotopic (exact) mass is 623 g/mol. The molecule has 38 heavy (non-hydrogen) atoms. The highest BCUT2D eigenvalue weighted by atomic mass is 32.3. The lowest BCUT2D eigenvalue weighted by Crippen LogP contribution is -2.68. The number of methoxy groups -OCH3 is 2. The third-order valence-corrected chi connectivity index (χ3v) is 6.60. The topological polar surface area (TPSA) is 318 Å². The van der Waals surface area contributed by atoms with Crippen molar-refractivity contribution < 1.29 is 91.1 Å². The number of nitrogens with one attached hydrogen (secondary N) is 1. The van der Waals surface area contributed by atoms with Crippen molar-refractivity contribution in [1.29, 1.82) is 0 Å². The van der Waals surface area contributed by atoms with Crippen LogP contribution < -0.4 is 4.72 Å². The number of aliphatic hydroxyl groups is 2. The van der Waals surface area contributed by atoms with Gasteiger partial charge in [0.1, 0.15) is 42.7 Å². The van der Waals surface area contributed by atoms with E-state index >= 15 is 0 Å². The van der Waals surface area contributed by atoms with Gasteiger partial charge < -0.3 is 39.0 Å². The van der Waals surface area contributed by atoms with Crippen molar-refractivity contribution in [3.8, 4) is 0 Å². The minimum Gasteiger partial charge on any atom is -0.479 e. The van der Waals surface area contributed by atoms with Gasteiger partial charge in [-0.05, 0) is 0 Å². The highest BCUT2D eigenvalue weighted by molar-refractivity contribution is 7.83. The van der Waals surface area contributed by atoms with Gasteiger partial charge in [-0.2, -0.15) is 30.0 Å². The van der Waals surface area contributed by atoms with Crippen LogP contribution in [0, 0.1) is 0 Å². The molecule has 0 unspecified atom stereocenters. The summed E-state index contributed by atoms with van der Waals surface area (Å²) in [6, 6.07) is -2.13. The van der Waals surface area contributed by atoms with E-state index in [0.29, 0.717) is 0 Å². The maximum absolute atomic E-state index is 11.6. The summed E-state index contributed by atoms with van der Waals surface area (Å²) in [4.78, 5) is 11.6. The van der Waals surface area contributed by atoms with Crippen molar-refractivity contribution in [2.45, 2.75) is 61.3 Å². The molecule has 2 fully saturated rings. The molecule has 0 aliphatic carbocycles. The maximum Gasteiger partial charge on any atom is 0.397 e. The highest BCUT2D eigenvalue weighted by Crippen LogP contribution is 2.32. The van der Waals surface area contributed by atoms with E-state index in [0.717, 1.165) is 14.2 Å². The first-order valence-corrected chi connectivity index (χ1v) is 14.1. The largest absolute Gasteiger partial charge is 0.479 e. The van der Waals surface area contributed by atoms with Crippen LogP contribution in [0.15, 0.2) is 0 Å². The van der Waals surface area contributed by atoms with Crippen LogP contribution in [0.2, 0.25) is 0 Å². The highest BCUT2D eigenvalue weighted by Gasteiger charge is 2.55. The van der Waals surface area contributed by atoms with E-state index in [1.165, 1.54) is 4.72 Å². The predicted molar refractivity (Wildman–Crippen MR) is 112 cm³/mol. The molecule has 2 aliphatic heterocycles. The van der Waals surface area contributed by atoms with Crippen molar-refractivity contribution in [3.05, 3.63) is 0 Å². The molecule has 0 bridgehead atoms. The normalized spacial score (nSPS) is 37.1. The van der Waals surface area contributed by atoms with Gasteiger partial charge in [0, 0.05) is 14.2 Å². The zero-order valence-electron chi connectivity index (χ0n) is 19.1. The smallest absolute Gasteiger partial charge is 0.397 e. The number of aliphatic hydroxyl groups excluding tert-OH is 2. The average Bonchev–Trinajstić information content (AvgIpc) is 2.75. The van der Waals surface area contributed by atoms with E-state index in [4.69, 9.17) is 28.2 Å². The van der Waals surface area contributed by atoms with Gasteiger partial charge in [0.15, 0.2) is 18.7 Å². The zero-order chi connectivity index (χ0) is 29.2. The van der Waals surface area contributed by atoms with Crippen LogP contribution in [0.25, 0.3) is 0 Å². The molecule has 21 nitrogen and oxygen atoms in total. The average molecular weight is 624 g/mol. The quantitative estimate of drug-likeness (QED) is 0.100. The summed E-state index contributed by atoms with van der Waals surface area (Å²) in [7, 11) is -14.1. The molecule has 10 atom stereocenters. The Morgan fingerprint density at radius 2 is 1.45 bits per heavy atom. The van der Waals surface area contributed by atoms with Gasteiger partial charge in [0.2, 0.25) is 0 Å². The van der Waals surface area contributed by atoms with Crippen LogP contribution in [0.5, 0.6) is 0 Å².